The number of nitrogens with zero attached hydrogens (tertiary/aromatic N) is 2. The monoisotopic (exact) mass is 315 g/mol. The molecule has 1 aliphatic rings. The Bertz CT molecular complexity index is 769. The average Bonchev–Trinajstić information content (AvgIpc) is 2.55. The summed E-state index contributed by atoms with van der Waals surface area (Å²) in [6, 6.07) is 6.32. The number of ether oxygens (including phenoxy) is 1. The summed E-state index contributed by atoms with van der Waals surface area (Å²) in [4.78, 5) is 27.3. The Morgan fingerprint density at radius 3 is 2.96 bits per heavy atom. The van der Waals surface area contributed by atoms with Crippen molar-refractivity contribution in [2.45, 2.75) is 19.8 Å². The predicted octanol–water partition coefficient (Wildman–Crippen LogP) is 2.90. The molecule has 23 heavy (non-hydrogen) atoms. The van der Waals surface area contributed by atoms with Crippen LogP contribution < -0.4 is 5.32 Å². The maximum atomic E-state index is 12.6. The molecule has 120 valence electrons. The summed E-state index contributed by atoms with van der Waals surface area (Å²) >= 11 is 0. The number of carbonyl (C=O) groups is 1. The number of pyridine rings is 1. The molecular weight excluding hydrogens is 298 g/mol. The quantitative estimate of drug-likeness (QED) is 0.694. The van der Waals surface area contributed by atoms with Gasteiger partial charge in [-0.2, -0.15) is 0 Å². The zero-order chi connectivity index (χ0) is 16.4. The standard InChI is InChI=1S/C16H17N3O4/c1-16(7-3-9-23-10-16)15(20)18-12-5-6-13(19(21)22)14-11(12)4-2-8-17-14/h2,4-6,8H,3,7,9-10H2,1H3,(H,18,20)/t16-/m1/s1. The minimum absolute atomic E-state index is 0.0780. The minimum atomic E-state index is -0.589. The Balaban J connectivity index is 1.96. The van der Waals surface area contributed by atoms with Gasteiger partial charge in [0.25, 0.3) is 5.69 Å². The molecule has 1 N–H and O–H groups in total. The van der Waals surface area contributed by atoms with Gasteiger partial charge in [-0.15, -0.1) is 0 Å². The molecule has 1 atom stereocenters. The number of hydrogen-bond donors (Lipinski definition) is 1. The molecule has 0 bridgehead atoms. The van der Waals surface area contributed by atoms with Crippen molar-refractivity contribution in [2.75, 3.05) is 18.5 Å². The van der Waals surface area contributed by atoms with E-state index in [0.29, 0.717) is 24.3 Å². The molecule has 2 heterocycles. The molecular formula is C16H17N3O4. The lowest BCUT2D eigenvalue weighted by Gasteiger charge is -2.32. The molecule has 1 fully saturated rings. The molecule has 0 unspecified atom stereocenters. The van der Waals surface area contributed by atoms with E-state index in [4.69, 9.17) is 4.74 Å². The zero-order valence-corrected chi connectivity index (χ0v) is 12.7. The van der Waals surface area contributed by atoms with Gasteiger partial charge in [0.1, 0.15) is 5.52 Å². The first-order valence-electron chi connectivity index (χ1n) is 7.43. The second kappa shape index (κ2) is 5.92. The van der Waals surface area contributed by atoms with E-state index in [1.54, 1.807) is 18.2 Å². The lowest BCUT2D eigenvalue weighted by Crippen LogP contribution is -2.40. The number of rotatable bonds is 3. The topological polar surface area (TPSA) is 94.4 Å². The SMILES string of the molecule is C[C@@]1(C(=O)Nc2ccc([N+](=O)[O-])c3ncccc23)CCCOC1. The Morgan fingerprint density at radius 2 is 2.26 bits per heavy atom. The predicted molar refractivity (Wildman–Crippen MR) is 85.2 cm³/mol. The summed E-state index contributed by atoms with van der Waals surface area (Å²) in [5.74, 6) is -0.142. The minimum Gasteiger partial charge on any atom is -0.380 e. The van der Waals surface area contributed by atoms with E-state index in [2.05, 4.69) is 10.3 Å². The zero-order valence-electron chi connectivity index (χ0n) is 12.7. The van der Waals surface area contributed by atoms with E-state index in [0.717, 1.165) is 12.8 Å². The maximum Gasteiger partial charge on any atom is 0.295 e. The first kappa shape index (κ1) is 15.4. The number of nitro groups is 1. The fourth-order valence-electron chi connectivity index (χ4n) is 2.80. The van der Waals surface area contributed by atoms with Gasteiger partial charge in [0.05, 0.1) is 22.6 Å². The van der Waals surface area contributed by atoms with Gasteiger partial charge in [0.15, 0.2) is 0 Å². The molecule has 0 saturated carbocycles. The Morgan fingerprint density at radius 1 is 1.43 bits per heavy atom. The van der Waals surface area contributed by atoms with Gasteiger partial charge in [-0.25, -0.2) is 4.98 Å². The molecule has 3 rings (SSSR count). The van der Waals surface area contributed by atoms with Gasteiger partial charge in [0, 0.05) is 24.3 Å². The summed E-state index contributed by atoms with van der Waals surface area (Å²) in [6.45, 7) is 2.92. The first-order valence-corrected chi connectivity index (χ1v) is 7.43. The highest BCUT2D eigenvalue weighted by Crippen LogP contribution is 2.33. The first-order chi connectivity index (χ1) is 11.0. The average molecular weight is 315 g/mol. The van der Waals surface area contributed by atoms with E-state index in [1.165, 1.54) is 12.3 Å². The van der Waals surface area contributed by atoms with Crippen molar-refractivity contribution in [1.29, 1.82) is 0 Å². The number of amides is 1. The number of aromatic nitrogens is 1. The molecule has 0 radical (unpaired) electrons. The van der Waals surface area contributed by atoms with Crippen LogP contribution in [0.15, 0.2) is 30.5 Å². The number of nitrogens with one attached hydrogen (secondary N) is 1. The van der Waals surface area contributed by atoms with Gasteiger partial charge in [-0.3, -0.25) is 14.9 Å². The molecule has 1 saturated heterocycles. The highest BCUT2D eigenvalue weighted by molar-refractivity contribution is 6.05. The van der Waals surface area contributed by atoms with Crippen molar-refractivity contribution in [2.24, 2.45) is 5.41 Å². The Hall–Kier alpha value is -2.54. The summed E-state index contributed by atoms with van der Waals surface area (Å²) in [5.41, 5.74) is 0.121. The van der Waals surface area contributed by atoms with E-state index in [-0.39, 0.29) is 17.1 Å². The van der Waals surface area contributed by atoms with Gasteiger partial charge in [0.2, 0.25) is 5.91 Å². The Labute approximate surface area is 132 Å². The van der Waals surface area contributed by atoms with E-state index in [1.807, 2.05) is 6.92 Å². The van der Waals surface area contributed by atoms with Crippen LogP contribution in [-0.4, -0.2) is 29.0 Å². The van der Waals surface area contributed by atoms with Crippen molar-refractivity contribution in [1.82, 2.24) is 4.98 Å². The second-order valence-corrected chi connectivity index (χ2v) is 5.96. The fourth-order valence-corrected chi connectivity index (χ4v) is 2.80. The van der Waals surface area contributed by atoms with Crippen LogP contribution in [-0.2, 0) is 9.53 Å². The second-order valence-electron chi connectivity index (χ2n) is 5.96. The highest BCUT2D eigenvalue weighted by Gasteiger charge is 2.35. The number of nitro benzene ring substituents is 1. The van der Waals surface area contributed by atoms with Gasteiger partial charge in [-0.1, -0.05) is 0 Å². The molecule has 1 aromatic heterocycles. The number of hydrogen-bond acceptors (Lipinski definition) is 5. The van der Waals surface area contributed by atoms with Crippen LogP contribution in [0.3, 0.4) is 0 Å². The molecule has 7 heteroatoms. The lowest BCUT2D eigenvalue weighted by atomic mass is 9.83. The molecule has 0 spiro atoms. The third kappa shape index (κ3) is 2.87. The van der Waals surface area contributed by atoms with E-state index in [9.17, 15) is 14.9 Å². The van der Waals surface area contributed by atoms with Crippen LogP contribution in [0.5, 0.6) is 0 Å². The fraction of sp³-hybridized carbons (Fsp3) is 0.375. The molecule has 0 aliphatic carbocycles. The van der Waals surface area contributed by atoms with Crippen molar-refractivity contribution in [3.05, 3.63) is 40.6 Å². The smallest absolute Gasteiger partial charge is 0.295 e. The largest absolute Gasteiger partial charge is 0.380 e. The summed E-state index contributed by atoms with van der Waals surface area (Å²) in [6.07, 6.45) is 3.09. The number of anilines is 1. The summed E-state index contributed by atoms with van der Waals surface area (Å²) in [5, 5.41) is 14.5. The van der Waals surface area contributed by atoms with Crippen LogP contribution in [0.4, 0.5) is 11.4 Å². The molecule has 1 aliphatic heterocycles. The van der Waals surface area contributed by atoms with Crippen LogP contribution in [0.25, 0.3) is 10.9 Å². The number of non-ortho nitro benzene ring substituents is 1. The molecule has 7 nitrogen and oxygen atoms in total. The summed E-state index contributed by atoms with van der Waals surface area (Å²) < 4.78 is 5.42. The van der Waals surface area contributed by atoms with Crippen LogP contribution >= 0.6 is 0 Å². The lowest BCUT2D eigenvalue weighted by molar-refractivity contribution is -0.383. The molecule has 1 amide bonds. The van der Waals surface area contributed by atoms with Gasteiger partial charge in [-0.05, 0) is 38.0 Å². The number of fused-ring (bicyclic) bond motifs is 1. The normalized spacial score (nSPS) is 21.1. The van der Waals surface area contributed by atoms with E-state index < -0.39 is 10.3 Å². The Kier molecular flexibility index (Phi) is 3.96. The molecule has 2 aromatic rings. The van der Waals surface area contributed by atoms with E-state index >= 15 is 0 Å². The van der Waals surface area contributed by atoms with Crippen molar-refractivity contribution in [3.8, 4) is 0 Å². The van der Waals surface area contributed by atoms with Crippen molar-refractivity contribution in [3.63, 3.8) is 0 Å². The van der Waals surface area contributed by atoms with Gasteiger partial charge < -0.3 is 10.1 Å². The number of benzene rings is 1. The van der Waals surface area contributed by atoms with Crippen LogP contribution in [0, 0.1) is 15.5 Å². The van der Waals surface area contributed by atoms with Crippen LogP contribution in [0.2, 0.25) is 0 Å². The summed E-state index contributed by atoms with van der Waals surface area (Å²) in [7, 11) is 0. The number of carbonyl (C=O) groups excluding carboxylic acids is 1. The maximum absolute atomic E-state index is 12.6. The van der Waals surface area contributed by atoms with Crippen molar-refractivity contribution < 1.29 is 14.5 Å². The third-order valence-electron chi connectivity index (χ3n) is 4.18. The third-order valence-corrected chi connectivity index (χ3v) is 4.18. The highest BCUT2D eigenvalue weighted by atomic mass is 16.6. The van der Waals surface area contributed by atoms with Crippen LogP contribution in [0.1, 0.15) is 19.8 Å². The van der Waals surface area contributed by atoms with Crippen molar-refractivity contribution >= 4 is 28.2 Å². The molecule has 1 aromatic carbocycles. The van der Waals surface area contributed by atoms with Gasteiger partial charge >= 0.3 is 0 Å².